The number of thiophene rings is 1. The first kappa shape index (κ1) is 11.0. The van der Waals surface area contributed by atoms with E-state index in [1.54, 1.807) is 17.4 Å². The molecule has 0 unspecified atom stereocenters. The van der Waals surface area contributed by atoms with Gasteiger partial charge < -0.3 is 5.32 Å². The standard InChI is InChI=1S/C10H9N3OS2/c1-2-5-11-10(14)9-8(12-13-16-9)7-4-3-6-15-7/h2-4,6H,1,5H2,(H,11,14). The number of nitrogens with zero attached hydrogens (tertiary/aromatic N) is 2. The molecule has 0 spiro atoms. The SMILES string of the molecule is C=CCNC(=O)c1snnc1-c1cccs1. The largest absolute Gasteiger partial charge is 0.348 e. The molecule has 2 aromatic heterocycles. The average molecular weight is 251 g/mol. The van der Waals surface area contributed by atoms with Crippen molar-refractivity contribution in [1.29, 1.82) is 0 Å². The Balaban J connectivity index is 2.26. The van der Waals surface area contributed by atoms with Crippen LogP contribution in [0.3, 0.4) is 0 Å². The second-order valence-corrected chi connectivity index (χ2v) is 4.63. The maximum Gasteiger partial charge on any atom is 0.265 e. The van der Waals surface area contributed by atoms with E-state index in [9.17, 15) is 4.79 Å². The molecule has 0 fully saturated rings. The number of amides is 1. The molecule has 0 saturated heterocycles. The van der Waals surface area contributed by atoms with E-state index >= 15 is 0 Å². The van der Waals surface area contributed by atoms with Gasteiger partial charge in [0.2, 0.25) is 0 Å². The van der Waals surface area contributed by atoms with Crippen LogP contribution in [0, 0.1) is 0 Å². The van der Waals surface area contributed by atoms with E-state index in [4.69, 9.17) is 0 Å². The zero-order chi connectivity index (χ0) is 11.4. The Morgan fingerprint density at radius 1 is 1.62 bits per heavy atom. The number of nitrogens with one attached hydrogen (secondary N) is 1. The molecule has 16 heavy (non-hydrogen) atoms. The fourth-order valence-corrected chi connectivity index (χ4v) is 2.54. The van der Waals surface area contributed by atoms with E-state index in [0.717, 1.165) is 16.4 Å². The predicted molar refractivity (Wildman–Crippen MR) is 65.8 cm³/mol. The van der Waals surface area contributed by atoms with Crippen molar-refractivity contribution >= 4 is 28.8 Å². The molecule has 2 aromatic rings. The van der Waals surface area contributed by atoms with Gasteiger partial charge >= 0.3 is 0 Å². The number of carbonyl (C=O) groups is 1. The minimum absolute atomic E-state index is 0.154. The second-order valence-electron chi connectivity index (χ2n) is 2.93. The third kappa shape index (κ3) is 2.17. The highest BCUT2D eigenvalue weighted by Gasteiger charge is 2.17. The van der Waals surface area contributed by atoms with Crippen LogP contribution in [0.2, 0.25) is 0 Å². The van der Waals surface area contributed by atoms with Crippen LogP contribution in [-0.4, -0.2) is 22.0 Å². The molecule has 1 amide bonds. The van der Waals surface area contributed by atoms with Gasteiger partial charge in [-0.25, -0.2) is 0 Å². The summed E-state index contributed by atoms with van der Waals surface area (Å²) in [5, 5.41) is 8.64. The maximum atomic E-state index is 11.8. The van der Waals surface area contributed by atoms with Crippen LogP contribution in [0.15, 0.2) is 30.2 Å². The quantitative estimate of drug-likeness (QED) is 0.847. The third-order valence-corrected chi connectivity index (χ3v) is 3.46. The van der Waals surface area contributed by atoms with Crippen molar-refractivity contribution in [2.24, 2.45) is 0 Å². The summed E-state index contributed by atoms with van der Waals surface area (Å²) < 4.78 is 3.82. The summed E-state index contributed by atoms with van der Waals surface area (Å²) in [6.45, 7) is 3.99. The molecule has 0 saturated carbocycles. The Labute approximate surface area is 101 Å². The summed E-state index contributed by atoms with van der Waals surface area (Å²) in [4.78, 5) is 13.3. The maximum absolute atomic E-state index is 11.8. The fourth-order valence-electron chi connectivity index (χ4n) is 1.16. The van der Waals surface area contributed by atoms with Crippen LogP contribution in [0.5, 0.6) is 0 Å². The number of rotatable bonds is 4. The molecular formula is C10H9N3OS2. The van der Waals surface area contributed by atoms with E-state index in [1.165, 1.54) is 0 Å². The molecule has 0 bridgehead atoms. The van der Waals surface area contributed by atoms with Crippen LogP contribution in [-0.2, 0) is 0 Å². The molecule has 0 atom stereocenters. The van der Waals surface area contributed by atoms with Gasteiger partial charge in [0, 0.05) is 6.54 Å². The number of aromatic nitrogens is 2. The molecule has 0 radical (unpaired) electrons. The summed E-state index contributed by atoms with van der Waals surface area (Å²) in [5.74, 6) is -0.154. The predicted octanol–water partition coefficient (Wildman–Crippen LogP) is 2.18. The van der Waals surface area contributed by atoms with Crippen molar-refractivity contribution in [2.45, 2.75) is 0 Å². The van der Waals surface area contributed by atoms with Gasteiger partial charge in [-0.3, -0.25) is 4.79 Å². The Kier molecular flexibility index (Phi) is 3.43. The minimum Gasteiger partial charge on any atom is -0.348 e. The summed E-state index contributed by atoms with van der Waals surface area (Å²) >= 11 is 2.65. The lowest BCUT2D eigenvalue weighted by molar-refractivity contribution is 0.0962. The molecule has 6 heteroatoms. The summed E-state index contributed by atoms with van der Waals surface area (Å²) in [6.07, 6.45) is 1.64. The number of carbonyl (C=O) groups excluding carboxylic acids is 1. The van der Waals surface area contributed by atoms with E-state index in [2.05, 4.69) is 21.5 Å². The van der Waals surface area contributed by atoms with Crippen LogP contribution >= 0.6 is 22.9 Å². The van der Waals surface area contributed by atoms with E-state index in [1.807, 2.05) is 17.5 Å². The highest BCUT2D eigenvalue weighted by atomic mass is 32.1. The monoisotopic (exact) mass is 251 g/mol. The van der Waals surface area contributed by atoms with Gasteiger partial charge in [0.25, 0.3) is 5.91 Å². The molecule has 82 valence electrons. The highest BCUT2D eigenvalue weighted by Crippen LogP contribution is 2.27. The van der Waals surface area contributed by atoms with Gasteiger partial charge in [-0.1, -0.05) is 16.6 Å². The summed E-state index contributed by atoms with van der Waals surface area (Å²) in [5.41, 5.74) is 0.654. The number of hydrogen-bond acceptors (Lipinski definition) is 5. The minimum atomic E-state index is -0.154. The second kappa shape index (κ2) is 5.00. The third-order valence-electron chi connectivity index (χ3n) is 1.86. The van der Waals surface area contributed by atoms with Crippen LogP contribution < -0.4 is 5.32 Å². The molecular weight excluding hydrogens is 242 g/mol. The molecule has 0 aromatic carbocycles. The lowest BCUT2D eigenvalue weighted by atomic mass is 10.3. The molecule has 2 rings (SSSR count). The molecule has 4 nitrogen and oxygen atoms in total. The summed E-state index contributed by atoms with van der Waals surface area (Å²) in [6, 6.07) is 3.84. The van der Waals surface area contributed by atoms with Crippen molar-refractivity contribution in [3.8, 4) is 10.6 Å². The Morgan fingerprint density at radius 3 is 3.19 bits per heavy atom. The van der Waals surface area contributed by atoms with E-state index in [-0.39, 0.29) is 5.91 Å². The highest BCUT2D eigenvalue weighted by molar-refractivity contribution is 7.14. The van der Waals surface area contributed by atoms with Crippen molar-refractivity contribution in [3.63, 3.8) is 0 Å². The van der Waals surface area contributed by atoms with Crippen LogP contribution in [0.4, 0.5) is 0 Å². The smallest absolute Gasteiger partial charge is 0.265 e. The van der Waals surface area contributed by atoms with E-state index in [0.29, 0.717) is 17.1 Å². The first-order valence-electron chi connectivity index (χ1n) is 4.58. The Morgan fingerprint density at radius 2 is 2.50 bits per heavy atom. The van der Waals surface area contributed by atoms with Crippen LogP contribution in [0.1, 0.15) is 9.67 Å². The van der Waals surface area contributed by atoms with Gasteiger partial charge in [-0.05, 0) is 23.0 Å². The van der Waals surface area contributed by atoms with E-state index < -0.39 is 0 Å². The topological polar surface area (TPSA) is 54.9 Å². The molecule has 0 aliphatic heterocycles. The summed E-state index contributed by atoms with van der Waals surface area (Å²) in [7, 11) is 0. The Bertz CT molecular complexity index is 490. The first-order valence-corrected chi connectivity index (χ1v) is 6.23. The molecule has 2 heterocycles. The average Bonchev–Trinajstić information content (AvgIpc) is 2.94. The lowest BCUT2D eigenvalue weighted by Gasteiger charge is -1.99. The Hall–Kier alpha value is -1.53. The van der Waals surface area contributed by atoms with Crippen molar-refractivity contribution in [2.75, 3.05) is 6.54 Å². The zero-order valence-electron chi connectivity index (χ0n) is 8.34. The van der Waals surface area contributed by atoms with Gasteiger partial charge in [-0.15, -0.1) is 23.0 Å². The van der Waals surface area contributed by atoms with Crippen molar-refractivity contribution < 1.29 is 4.79 Å². The van der Waals surface area contributed by atoms with Gasteiger partial charge in [0.05, 0.1) is 4.88 Å². The fraction of sp³-hybridized carbons (Fsp3) is 0.100. The zero-order valence-corrected chi connectivity index (χ0v) is 9.98. The van der Waals surface area contributed by atoms with Gasteiger partial charge in [-0.2, -0.15) is 0 Å². The van der Waals surface area contributed by atoms with Crippen molar-refractivity contribution in [1.82, 2.24) is 14.9 Å². The normalized spacial score (nSPS) is 10.0. The van der Waals surface area contributed by atoms with Crippen LogP contribution in [0.25, 0.3) is 10.6 Å². The number of hydrogen-bond donors (Lipinski definition) is 1. The van der Waals surface area contributed by atoms with Gasteiger partial charge in [0.15, 0.2) is 0 Å². The molecule has 0 aliphatic rings. The van der Waals surface area contributed by atoms with Gasteiger partial charge in [0.1, 0.15) is 10.6 Å². The first-order chi connectivity index (χ1) is 7.83. The lowest BCUT2D eigenvalue weighted by Crippen LogP contribution is -2.22. The molecule has 0 aliphatic carbocycles. The van der Waals surface area contributed by atoms with Crippen molar-refractivity contribution in [3.05, 3.63) is 35.0 Å². The molecule has 1 N–H and O–H groups in total.